The number of carboxylic acids is 1. The topological polar surface area (TPSA) is 181 Å². The summed E-state index contributed by atoms with van der Waals surface area (Å²) >= 11 is 0. The SMILES string of the molecule is NCCCC[C@H]1CN[C@@H](CCCCN)CN(CC(=O)O)[C@@H](CCCCN)CN[C@@H](CCCCN)CN1. The van der Waals surface area contributed by atoms with Crippen LogP contribution in [0.15, 0.2) is 0 Å². The van der Waals surface area contributed by atoms with Crippen molar-refractivity contribution in [1.82, 2.24) is 20.9 Å². The van der Waals surface area contributed by atoms with Crippen molar-refractivity contribution in [2.24, 2.45) is 22.9 Å². The molecule has 4 atom stereocenters. The Hall–Kier alpha value is -0.850. The summed E-state index contributed by atoms with van der Waals surface area (Å²) in [5, 5.41) is 21.2. The molecule has 1 aliphatic rings. The number of nitrogens with zero attached hydrogens (tertiary/aromatic N) is 1. The first kappa shape index (κ1) is 33.2. The molecule has 0 saturated carbocycles. The maximum atomic E-state index is 11.9. The molecule has 0 spiro atoms. The number of aliphatic carboxylic acids is 1. The van der Waals surface area contributed by atoms with Crippen molar-refractivity contribution in [3.8, 4) is 0 Å². The Labute approximate surface area is 220 Å². The zero-order valence-electron chi connectivity index (χ0n) is 22.8. The number of hydrogen-bond acceptors (Lipinski definition) is 9. The lowest BCUT2D eigenvalue weighted by molar-refractivity contribution is -0.139. The Balaban J connectivity index is 3.07. The monoisotopic (exact) mass is 514 g/mol. The Kier molecular flexibility index (Phi) is 20.4. The fraction of sp³-hybridized carbons (Fsp3) is 0.962. The van der Waals surface area contributed by atoms with Gasteiger partial charge in [-0.05, 0) is 77.5 Å². The van der Waals surface area contributed by atoms with Crippen molar-refractivity contribution in [3.63, 3.8) is 0 Å². The van der Waals surface area contributed by atoms with Gasteiger partial charge in [-0.15, -0.1) is 0 Å². The molecule has 0 unspecified atom stereocenters. The molecule has 10 heteroatoms. The lowest BCUT2D eigenvalue weighted by Gasteiger charge is -2.37. The van der Waals surface area contributed by atoms with Gasteiger partial charge in [0.15, 0.2) is 0 Å². The van der Waals surface area contributed by atoms with Gasteiger partial charge in [0.1, 0.15) is 0 Å². The number of nitrogens with two attached hydrogens (primary N) is 4. The molecule has 0 bridgehead atoms. The van der Waals surface area contributed by atoms with Crippen LogP contribution < -0.4 is 38.9 Å². The average molecular weight is 515 g/mol. The van der Waals surface area contributed by atoms with E-state index in [4.69, 9.17) is 22.9 Å². The van der Waals surface area contributed by atoms with Crippen molar-refractivity contribution < 1.29 is 9.90 Å². The van der Waals surface area contributed by atoms with E-state index in [0.717, 1.165) is 110 Å². The highest BCUT2D eigenvalue weighted by atomic mass is 16.4. The maximum absolute atomic E-state index is 11.9. The first-order valence-electron chi connectivity index (χ1n) is 14.5. The van der Waals surface area contributed by atoms with Crippen LogP contribution in [0.25, 0.3) is 0 Å². The average Bonchev–Trinajstić information content (AvgIpc) is 2.85. The lowest BCUT2D eigenvalue weighted by Crippen LogP contribution is -2.56. The fourth-order valence-corrected chi connectivity index (χ4v) is 5.07. The van der Waals surface area contributed by atoms with Crippen LogP contribution in [-0.4, -0.2) is 99.0 Å². The molecule has 1 rings (SSSR count). The molecular weight excluding hydrogens is 456 g/mol. The fourth-order valence-electron chi connectivity index (χ4n) is 5.07. The van der Waals surface area contributed by atoms with Gasteiger partial charge < -0.3 is 44.0 Å². The molecule has 0 radical (unpaired) electrons. The van der Waals surface area contributed by atoms with Crippen LogP contribution in [0.3, 0.4) is 0 Å². The minimum Gasteiger partial charge on any atom is -0.480 e. The standard InChI is InChI=1S/C26H58N8O2/c27-13-5-1-9-22-18-32-24(11-3-7-15-29)20-34(21-26(35)36)25(12-4-8-16-30)19-33-23(17-31-22)10-2-6-14-28/h22-25,31-33H,1-21,27-30H2,(H,35,36)/t22-,23-,24-,25-/m0/s1. The second-order valence-electron chi connectivity index (χ2n) is 10.4. The summed E-state index contributed by atoms with van der Waals surface area (Å²) < 4.78 is 0. The molecule has 0 aromatic heterocycles. The highest BCUT2D eigenvalue weighted by Crippen LogP contribution is 2.14. The van der Waals surface area contributed by atoms with Crippen molar-refractivity contribution in [2.45, 2.75) is 101 Å². The Morgan fingerprint density at radius 2 is 1.06 bits per heavy atom. The number of rotatable bonds is 18. The third kappa shape index (κ3) is 16.1. The van der Waals surface area contributed by atoms with Gasteiger partial charge in [0.2, 0.25) is 0 Å². The molecule has 214 valence electrons. The predicted molar refractivity (Wildman–Crippen MR) is 150 cm³/mol. The van der Waals surface area contributed by atoms with E-state index >= 15 is 0 Å². The Morgan fingerprint density at radius 1 is 0.639 bits per heavy atom. The van der Waals surface area contributed by atoms with Crippen molar-refractivity contribution in [1.29, 1.82) is 0 Å². The van der Waals surface area contributed by atoms with Crippen LogP contribution in [0.2, 0.25) is 0 Å². The van der Waals surface area contributed by atoms with E-state index in [1.807, 2.05) is 0 Å². The van der Waals surface area contributed by atoms with Crippen LogP contribution in [-0.2, 0) is 4.79 Å². The van der Waals surface area contributed by atoms with E-state index in [9.17, 15) is 9.90 Å². The first-order valence-corrected chi connectivity index (χ1v) is 14.5. The second-order valence-corrected chi connectivity index (χ2v) is 10.4. The minimum absolute atomic E-state index is 0.0556. The molecule has 1 fully saturated rings. The van der Waals surface area contributed by atoms with E-state index in [2.05, 4.69) is 20.9 Å². The van der Waals surface area contributed by atoms with Gasteiger partial charge in [-0.1, -0.05) is 25.7 Å². The summed E-state index contributed by atoms with van der Waals surface area (Å²) in [6.07, 6.45) is 12.3. The number of carboxylic acid groups (broad SMARTS) is 1. The summed E-state index contributed by atoms with van der Waals surface area (Å²) in [6.45, 7) is 6.11. The molecule has 1 saturated heterocycles. The third-order valence-electron chi connectivity index (χ3n) is 7.27. The minimum atomic E-state index is -0.771. The number of carbonyl (C=O) groups is 1. The summed E-state index contributed by atoms with van der Waals surface area (Å²) in [7, 11) is 0. The molecule has 36 heavy (non-hydrogen) atoms. The van der Waals surface area contributed by atoms with Gasteiger partial charge in [-0.25, -0.2) is 0 Å². The summed E-state index contributed by atoms with van der Waals surface area (Å²) in [4.78, 5) is 14.1. The van der Waals surface area contributed by atoms with Crippen LogP contribution in [0, 0.1) is 0 Å². The summed E-state index contributed by atoms with van der Waals surface area (Å²) in [5.41, 5.74) is 23.0. The third-order valence-corrected chi connectivity index (χ3v) is 7.27. The molecule has 0 aromatic carbocycles. The van der Waals surface area contributed by atoms with E-state index in [1.165, 1.54) is 0 Å². The quantitative estimate of drug-likeness (QED) is 0.117. The Morgan fingerprint density at radius 3 is 1.53 bits per heavy atom. The van der Waals surface area contributed by atoms with Gasteiger partial charge >= 0.3 is 5.97 Å². The van der Waals surface area contributed by atoms with Crippen molar-refractivity contribution in [2.75, 3.05) is 58.9 Å². The highest BCUT2D eigenvalue weighted by Gasteiger charge is 2.26. The summed E-state index contributed by atoms with van der Waals surface area (Å²) in [6, 6.07) is 1.08. The molecule has 1 aliphatic heterocycles. The first-order chi connectivity index (χ1) is 17.5. The molecule has 12 N–H and O–H groups in total. The predicted octanol–water partition coefficient (Wildman–Crippen LogP) is 0.146. The van der Waals surface area contributed by atoms with Gasteiger partial charge in [-0.3, -0.25) is 9.69 Å². The van der Waals surface area contributed by atoms with E-state index in [1.54, 1.807) is 0 Å². The largest absolute Gasteiger partial charge is 0.480 e. The van der Waals surface area contributed by atoms with E-state index in [0.29, 0.717) is 31.7 Å². The summed E-state index contributed by atoms with van der Waals surface area (Å²) in [5.74, 6) is -0.771. The molecule has 0 aliphatic carbocycles. The lowest BCUT2D eigenvalue weighted by atomic mass is 10.0. The van der Waals surface area contributed by atoms with Crippen LogP contribution >= 0.6 is 0 Å². The molecule has 1 heterocycles. The number of unbranched alkanes of at least 4 members (excludes halogenated alkanes) is 4. The Bertz CT molecular complexity index is 528. The highest BCUT2D eigenvalue weighted by molar-refractivity contribution is 5.69. The van der Waals surface area contributed by atoms with Crippen molar-refractivity contribution in [3.05, 3.63) is 0 Å². The normalized spacial score (nSPS) is 24.8. The van der Waals surface area contributed by atoms with Gasteiger partial charge in [0, 0.05) is 50.3 Å². The number of nitrogens with one attached hydrogen (secondary N) is 3. The number of hydrogen-bond donors (Lipinski definition) is 8. The van der Waals surface area contributed by atoms with E-state index in [-0.39, 0.29) is 18.6 Å². The van der Waals surface area contributed by atoms with Crippen LogP contribution in [0.5, 0.6) is 0 Å². The van der Waals surface area contributed by atoms with Crippen LogP contribution in [0.1, 0.15) is 77.0 Å². The smallest absolute Gasteiger partial charge is 0.317 e. The molecular formula is C26H58N8O2. The molecule has 0 amide bonds. The van der Waals surface area contributed by atoms with Gasteiger partial charge in [0.05, 0.1) is 6.54 Å². The van der Waals surface area contributed by atoms with E-state index < -0.39 is 5.97 Å². The zero-order chi connectivity index (χ0) is 26.4. The van der Waals surface area contributed by atoms with Crippen molar-refractivity contribution >= 4 is 5.97 Å². The molecule has 10 nitrogen and oxygen atoms in total. The maximum Gasteiger partial charge on any atom is 0.317 e. The molecule has 0 aromatic rings. The van der Waals surface area contributed by atoms with Gasteiger partial charge in [-0.2, -0.15) is 0 Å². The van der Waals surface area contributed by atoms with Crippen LogP contribution in [0.4, 0.5) is 0 Å². The second kappa shape index (κ2) is 22.2. The van der Waals surface area contributed by atoms with Gasteiger partial charge in [0.25, 0.3) is 0 Å². The zero-order valence-corrected chi connectivity index (χ0v) is 22.8.